The van der Waals surface area contributed by atoms with Gasteiger partial charge in [0.15, 0.2) is 5.78 Å². The van der Waals surface area contributed by atoms with Crippen molar-refractivity contribution in [1.82, 2.24) is 9.97 Å². The summed E-state index contributed by atoms with van der Waals surface area (Å²) in [5.41, 5.74) is 3.38. The van der Waals surface area contributed by atoms with Crippen molar-refractivity contribution in [2.24, 2.45) is 5.92 Å². The molecule has 0 radical (unpaired) electrons. The Balaban J connectivity index is 1.94. The molecule has 0 amide bonds. The van der Waals surface area contributed by atoms with Crippen LogP contribution in [0.4, 0.5) is 0 Å². The SMILES string of the molecule is CCC1C/C(=C\c2ccccn2)C(=O)/C(=C/c2ccccn2)C1. The summed E-state index contributed by atoms with van der Waals surface area (Å²) < 4.78 is 0. The van der Waals surface area contributed by atoms with E-state index in [4.69, 9.17) is 0 Å². The van der Waals surface area contributed by atoms with Gasteiger partial charge in [0.25, 0.3) is 0 Å². The van der Waals surface area contributed by atoms with Crippen LogP contribution in [0.3, 0.4) is 0 Å². The van der Waals surface area contributed by atoms with E-state index in [0.29, 0.717) is 5.92 Å². The first-order valence-electron chi connectivity index (χ1n) is 8.04. The molecule has 0 aromatic carbocycles. The lowest BCUT2D eigenvalue weighted by molar-refractivity contribution is -0.113. The van der Waals surface area contributed by atoms with Crippen LogP contribution in [-0.2, 0) is 4.79 Å². The van der Waals surface area contributed by atoms with Crippen LogP contribution in [0.1, 0.15) is 37.6 Å². The second-order valence-electron chi connectivity index (χ2n) is 5.86. The molecule has 0 atom stereocenters. The molecule has 0 saturated heterocycles. The van der Waals surface area contributed by atoms with Crippen LogP contribution in [0, 0.1) is 5.92 Å². The molecule has 0 spiro atoms. The molecule has 1 fully saturated rings. The van der Waals surface area contributed by atoms with Crippen LogP contribution in [0.5, 0.6) is 0 Å². The number of carbonyl (C=O) groups is 1. The summed E-state index contributed by atoms with van der Waals surface area (Å²) in [6.07, 6.45) is 10.1. The van der Waals surface area contributed by atoms with E-state index in [2.05, 4.69) is 16.9 Å². The van der Waals surface area contributed by atoms with E-state index >= 15 is 0 Å². The quantitative estimate of drug-likeness (QED) is 0.793. The molecule has 2 heterocycles. The number of allylic oxidation sites excluding steroid dienone is 2. The van der Waals surface area contributed by atoms with Gasteiger partial charge in [0, 0.05) is 23.5 Å². The minimum absolute atomic E-state index is 0.131. The number of rotatable bonds is 3. The Morgan fingerprint density at radius 3 is 1.87 bits per heavy atom. The number of aromatic nitrogens is 2. The Bertz CT molecular complexity index is 671. The molecular weight excluding hydrogens is 284 g/mol. The maximum Gasteiger partial charge on any atom is 0.185 e. The molecule has 3 rings (SSSR count). The summed E-state index contributed by atoms with van der Waals surface area (Å²) in [6, 6.07) is 11.5. The van der Waals surface area contributed by atoms with Gasteiger partial charge in [-0.3, -0.25) is 14.8 Å². The standard InChI is InChI=1S/C20H20N2O/c1-2-15-11-16(13-18-7-3-5-9-21-18)20(23)17(12-15)14-19-8-4-6-10-22-19/h3-10,13-15H,2,11-12H2,1H3/b16-13+,17-14+. The van der Waals surface area contributed by atoms with Crippen molar-refractivity contribution in [3.8, 4) is 0 Å². The third kappa shape index (κ3) is 3.81. The van der Waals surface area contributed by atoms with Crippen molar-refractivity contribution < 1.29 is 4.79 Å². The summed E-state index contributed by atoms with van der Waals surface area (Å²) >= 11 is 0. The van der Waals surface area contributed by atoms with Gasteiger partial charge in [-0.1, -0.05) is 25.5 Å². The van der Waals surface area contributed by atoms with Crippen LogP contribution < -0.4 is 0 Å². The molecule has 1 aliphatic carbocycles. The molecule has 0 aliphatic heterocycles. The number of carbonyl (C=O) groups excluding carboxylic acids is 1. The van der Waals surface area contributed by atoms with Crippen LogP contribution >= 0.6 is 0 Å². The summed E-state index contributed by atoms with van der Waals surface area (Å²) in [4.78, 5) is 21.4. The zero-order chi connectivity index (χ0) is 16.1. The van der Waals surface area contributed by atoms with Gasteiger partial charge in [-0.15, -0.1) is 0 Å². The van der Waals surface area contributed by atoms with Gasteiger partial charge in [0.2, 0.25) is 0 Å². The van der Waals surface area contributed by atoms with E-state index in [9.17, 15) is 4.79 Å². The second kappa shape index (κ2) is 7.14. The number of pyridine rings is 2. The Morgan fingerprint density at radius 1 is 0.957 bits per heavy atom. The zero-order valence-corrected chi connectivity index (χ0v) is 13.3. The first kappa shape index (κ1) is 15.3. The Labute approximate surface area is 136 Å². The molecule has 2 aromatic heterocycles. The number of nitrogens with zero attached hydrogens (tertiary/aromatic N) is 2. The van der Waals surface area contributed by atoms with Crippen LogP contribution in [0.15, 0.2) is 59.9 Å². The minimum atomic E-state index is 0.131. The average Bonchev–Trinajstić information content (AvgIpc) is 2.60. The highest BCUT2D eigenvalue weighted by atomic mass is 16.1. The lowest BCUT2D eigenvalue weighted by Crippen LogP contribution is -2.19. The molecule has 1 aliphatic rings. The van der Waals surface area contributed by atoms with Crippen molar-refractivity contribution in [2.45, 2.75) is 26.2 Å². The maximum atomic E-state index is 12.8. The van der Waals surface area contributed by atoms with E-state index in [1.807, 2.05) is 48.6 Å². The van der Waals surface area contributed by atoms with Crippen LogP contribution in [0.25, 0.3) is 12.2 Å². The minimum Gasteiger partial charge on any atom is -0.289 e. The number of hydrogen-bond acceptors (Lipinski definition) is 3. The van der Waals surface area contributed by atoms with Crippen molar-refractivity contribution in [3.63, 3.8) is 0 Å². The lowest BCUT2D eigenvalue weighted by Gasteiger charge is -2.24. The predicted molar refractivity (Wildman–Crippen MR) is 92.5 cm³/mol. The predicted octanol–water partition coefficient (Wildman–Crippen LogP) is 4.33. The van der Waals surface area contributed by atoms with Gasteiger partial charge in [-0.25, -0.2) is 0 Å². The third-order valence-electron chi connectivity index (χ3n) is 4.20. The van der Waals surface area contributed by atoms with Gasteiger partial charge in [0.05, 0.1) is 11.4 Å². The second-order valence-corrected chi connectivity index (χ2v) is 5.86. The van der Waals surface area contributed by atoms with E-state index in [1.54, 1.807) is 12.4 Å². The summed E-state index contributed by atoms with van der Waals surface area (Å²) in [6.45, 7) is 2.18. The van der Waals surface area contributed by atoms with Gasteiger partial charge in [0.1, 0.15) is 0 Å². The molecule has 0 bridgehead atoms. The Kier molecular flexibility index (Phi) is 4.77. The Morgan fingerprint density at radius 2 is 1.48 bits per heavy atom. The largest absolute Gasteiger partial charge is 0.289 e. The van der Waals surface area contributed by atoms with Crippen molar-refractivity contribution in [3.05, 3.63) is 71.3 Å². The molecule has 23 heavy (non-hydrogen) atoms. The fourth-order valence-corrected chi connectivity index (χ4v) is 2.90. The van der Waals surface area contributed by atoms with Crippen molar-refractivity contribution in [1.29, 1.82) is 0 Å². The highest BCUT2D eigenvalue weighted by Crippen LogP contribution is 2.33. The van der Waals surface area contributed by atoms with Gasteiger partial charge < -0.3 is 0 Å². The normalized spacial score (nSPS) is 21.8. The smallest absolute Gasteiger partial charge is 0.185 e. The number of hydrogen-bond donors (Lipinski definition) is 0. The highest BCUT2D eigenvalue weighted by molar-refractivity contribution is 6.13. The Hall–Kier alpha value is -2.55. The highest BCUT2D eigenvalue weighted by Gasteiger charge is 2.26. The van der Waals surface area contributed by atoms with Crippen molar-refractivity contribution >= 4 is 17.9 Å². The summed E-state index contributed by atoms with van der Waals surface area (Å²) in [5, 5.41) is 0. The summed E-state index contributed by atoms with van der Waals surface area (Å²) in [5.74, 6) is 0.628. The molecule has 2 aromatic rings. The van der Waals surface area contributed by atoms with Gasteiger partial charge in [-0.05, 0) is 55.2 Å². The zero-order valence-electron chi connectivity index (χ0n) is 13.3. The van der Waals surface area contributed by atoms with E-state index in [0.717, 1.165) is 41.8 Å². The first-order valence-corrected chi connectivity index (χ1v) is 8.04. The van der Waals surface area contributed by atoms with E-state index < -0.39 is 0 Å². The van der Waals surface area contributed by atoms with Crippen LogP contribution in [-0.4, -0.2) is 15.8 Å². The molecule has 0 N–H and O–H groups in total. The van der Waals surface area contributed by atoms with E-state index in [-0.39, 0.29) is 5.78 Å². The van der Waals surface area contributed by atoms with Gasteiger partial charge >= 0.3 is 0 Å². The fraction of sp³-hybridized carbons (Fsp3) is 0.250. The van der Waals surface area contributed by atoms with Gasteiger partial charge in [-0.2, -0.15) is 0 Å². The number of Topliss-reactive ketones (excluding diaryl/α,β-unsaturated/α-hetero) is 1. The van der Waals surface area contributed by atoms with Crippen LogP contribution in [0.2, 0.25) is 0 Å². The number of ketones is 1. The molecule has 1 saturated carbocycles. The molecular formula is C20H20N2O. The monoisotopic (exact) mass is 304 g/mol. The lowest BCUT2D eigenvalue weighted by atomic mass is 9.79. The van der Waals surface area contributed by atoms with Crippen molar-refractivity contribution in [2.75, 3.05) is 0 Å². The molecule has 116 valence electrons. The third-order valence-corrected chi connectivity index (χ3v) is 4.20. The average molecular weight is 304 g/mol. The fourth-order valence-electron chi connectivity index (χ4n) is 2.90. The summed E-state index contributed by atoms with van der Waals surface area (Å²) in [7, 11) is 0. The molecule has 3 heteroatoms. The topological polar surface area (TPSA) is 42.9 Å². The molecule has 0 unspecified atom stereocenters. The molecule has 3 nitrogen and oxygen atoms in total. The first-order chi connectivity index (χ1) is 11.3. The van der Waals surface area contributed by atoms with E-state index in [1.165, 1.54) is 0 Å². The maximum absolute atomic E-state index is 12.8.